The molecule has 20 heavy (non-hydrogen) atoms. The fraction of sp³-hybridized carbons (Fsp3) is 0.647. The Morgan fingerprint density at radius 2 is 2.15 bits per heavy atom. The molecule has 1 N–H and O–H groups in total. The van der Waals surface area contributed by atoms with Crippen molar-refractivity contribution in [1.82, 2.24) is 10.2 Å². The van der Waals surface area contributed by atoms with E-state index < -0.39 is 0 Å². The van der Waals surface area contributed by atoms with Crippen molar-refractivity contribution in [1.29, 1.82) is 0 Å². The van der Waals surface area contributed by atoms with Crippen LogP contribution in [0, 0.1) is 0 Å². The molecule has 0 bridgehead atoms. The third-order valence-corrected chi connectivity index (χ3v) is 4.00. The predicted octanol–water partition coefficient (Wildman–Crippen LogP) is 3.05. The standard InChI is InChI=1S/C17H28N2O/c1-3-4-7-10-18-13-15(2)19-11-12-20-17-9-6-5-8-16(17)14-19/h5-6,8-9,15,18H,3-4,7,10-14H2,1-2H3. The van der Waals surface area contributed by atoms with Crippen molar-refractivity contribution < 1.29 is 4.74 Å². The first-order valence-electron chi connectivity index (χ1n) is 7.96. The molecular weight excluding hydrogens is 248 g/mol. The van der Waals surface area contributed by atoms with Crippen molar-refractivity contribution in [2.45, 2.75) is 45.7 Å². The van der Waals surface area contributed by atoms with Gasteiger partial charge in [-0.1, -0.05) is 38.0 Å². The third kappa shape index (κ3) is 4.50. The Bertz CT molecular complexity index is 394. The number of benzene rings is 1. The first-order valence-corrected chi connectivity index (χ1v) is 7.96. The second-order valence-electron chi connectivity index (χ2n) is 5.69. The van der Waals surface area contributed by atoms with Gasteiger partial charge in [-0.25, -0.2) is 0 Å². The zero-order valence-corrected chi connectivity index (χ0v) is 12.9. The van der Waals surface area contributed by atoms with E-state index in [1.807, 2.05) is 6.07 Å². The van der Waals surface area contributed by atoms with E-state index in [1.54, 1.807) is 0 Å². The molecule has 1 aromatic carbocycles. The highest BCUT2D eigenvalue weighted by atomic mass is 16.5. The van der Waals surface area contributed by atoms with E-state index >= 15 is 0 Å². The van der Waals surface area contributed by atoms with Gasteiger partial charge >= 0.3 is 0 Å². The number of para-hydroxylation sites is 1. The summed E-state index contributed by atoms with van der Waals surface area (Å²) in [7, 11) is 0. The van der Waals surface area contributed by atoms with Crippen LogP contribution in [-0.4, -0.2) is 37.2 Å². The van der Waals surface area contributed by atoms with Crippen molar-refractivity contribution in [3.8, 4) is 5.75 Å². The molecule has 3 heteroatoms. The van der Waals surface area contributed by atoms with Gasteiger partial charge in [-0.15, -0.1) is 0 Å². The van der Waals surface area contributed by atoms with Crippen LogP contribution < -0.4 is 10.1 Å². The van der Waals surface area contributed by atoms with E-state index in [-0.39, 0.29) is 0 Å². The third-order valence-electron chi connectivity index (χ3n) is 4.00. The van der Waals surface area contributed by atoms with Crippen LogP contribution >= 0.6 is 0 Å². The highest BCUT2D eigenvalue weighted by Crippen LogP contribution is 2.23. The molecule has 1 unspecified atom stereocenters. The van der Waals surface area contributed by atoms with E-state index in [2.05, 4.69) is 42.3 Å². The van der Waals surface area contributed by atoms with Gasteiger partial charge in [0.1, 0.15) is 12.4 Å². The molecule has 0 fully saturated rings. The van der Waals surface area contributed by atoms with Gasteiger partial charge in [-0.3, -0.25) is 4.90 Å². The molecule has 0 saturated heterocycles. The number of hydrogen-bond donors (Lipinski definition) is 1. The molecular formula is C17H28N2O. The maximum absolute atomic E-state index is 5.82. The molecule has 1 heterocycles. The highest BCUT2D eigenvalue weighted by molar-refractivity contribution is 5.33. The van der Waals surface area contributed by atoms with Gasteiger partial charge in [-0.05, 0) is 26.0 Å². The smallest absolute Gasteiger partial charge is 0.123 e. The monoisotopic (exact) mass is 276 g/mol. The van der Waals surface area contributed by atoms with Crippen molar-refractivity contribution in [2.75, 3.05) is 26.2 Å². The van der Waals surface area contributed by atoms with Gasteiger partial charge < -0.3 is 10.1 Å². The summed E-state index contributed by atoms with van der Waals surface area (Å²) in [5, 5.41) is 3.58. The number of fused-ring (bicyclic) bond motifs is 1. The summed E-state index contributed by atoms with van der Waals surface area (Å²) in [6.45, 7) is 9.54. The number of rotatable bonds is 7. The first kappa shape index (κ1) is 15.3. The van der Waals surface area contributed by atoms with Crippen LogP contribution in [0.25, 0.3) is 0 Å². The quantitative estimate of drug-likeness (QED) is 0.775. The average Bonchev–Trinajstić information content (AvgIpc) is 2.69. The van der Waals surface area contributed by atoms with E-state index in [0.717, 1.165) is 38.5 Å². The minimum absolute atomic E-state index is 0.548. The lowest BCUT2D eigenvalue weighted by molar-refractivity contribution is 0.176. The molecule has 0 saturated carbocycles. The SMILES string of the molecule is CCCCCNCC(C)N1CCOc2ccccc2C1. The predicted molar refractivity (Wildman–Crippen MR) is 84.2 cm³/mol. The maximum atomic E-state index is 5.82. The lowest BCUT2D eigenvalue weighted by Gasteiger charge is -2.27. The topological polar surface area (TPSA) is 24.5 Å². The molecule has 1 aromatic rings. The average molecular weight is 276 g/mol. The molecule has 0 spiro atoms. The van der Waals surface area contributed by atoms with E-state index in [1.165, 1.54) is 24.8 Å². The number of unbranched alkanes of at least 4 members (excludes halogenated alkanes) is 2. The zero-order valence-electron chi connectivity index (χ0n) is 12.9. The summed E-state index contributed by atoms with van der Waals surface area (Å²) < 4.78 is 5.82. The first-order chi connectivity index (χ1) is 9.81. The fourth-order valence-electron chi connectivity index (χ4n) is 2.66. The molecule has 1 aliphatic heterocycles. The Kier molecular flexibility index (Phi) is 6.34. The summed E-state index contributed by atoms with van der Waals surface area (Å²) in [6, 6.07) is 8.94. The second-order valence-corrected chi connectivity index (χ2v) is 5.69. The van der Waals surface area contributed by atoms with Crippen LogP contribution in [0.4, 0.5) is 0 Å². The lowest BCUT2D eigenvalue weighted by atomic mass is 10.1. The zero-order chi connectivity index (χ0) is 14.2. The summed E-state index contributed by atoms with van der Waals surface area (Å²) in [5.74, 6) is 1.05. The summed E-state index contributed by atoms with van der Waals surface area (Å²) >= 11 is 0. The minimum atomic E-state index is 0.548. The van der Waals surface area contributed by atoms with E-state index in [9.17, 15) is 0 Å². The molecule has 1 atom stereocenters. The van der Waals surface area contributed by atoms with Gasteiger partial charge in [0.05, 0.1) is 0 Å². The van der Waals surface area contributed by atoms with Gasteiger partial charge in [0.15, 0.2) is 0 Å². The molecule has 112 valence electrons. The Morgan fingerprint density at radius 1 is 1.30 bits per heavy atom. The van der Waals surface area contributed by atoms with E-state index in [0.29, 0.717) is 6.04 Å². The van der Waals surface area contributed by atoms with Gasteiger partial charge in [0, 0.05) is 31.2 Å². The Labute approximate surface area is 123 Å². The molecule has 0 radical (unpaired) electrons. The van der Waals surface area contributed by atoms with Crippen LogP contribution in [0.3, 0.4) is 0 Å². The Balaban J connectivity index is 1.80. The normalized spacial score (nSPS) is 17.1. The van der Waals surface area contributed by atoms with Gasteiger partial charge in [-0.2, -0.15) is 0 Å². The summed E-state index contributed by atoms with van der Waals surface area (Å²) in [4.78, 5) is 2.51. The van der Waals surface area contributed by atoms with Gasteiger partial charge in [0.2, 0.25) is 0 Å². The van der Waals surface area contributed by atoms with Crippen LogP contribution in [0.15, 0.2) is 24.3 Å². The molecule has 3 nitrogen and oxygen atoms in total. The number of nitrogens with one attached hydrogen (secondary N) is 1. The van der Waals surface area contributed by atoms with E-state index in [4.69, 9.17) is 4.74 Å². The number of nitrogens with zero attached hydrogens (tertiary/aromatic N) is 1. The second kappa shape index (κ2) is 8.28. The van der Waals surface area contributed by atoms with Crippen molar-refractivity contribution in [2.24, 2.45) is 0 Å². The molecule has 0 aromatic heterocycles. The summed E-state index contributed by atoms with van der Waals surface area (Å²) in [5.41, 5.74) is 1.31. The van der Waals surface area contributed by atoms with Crippen LogP contribution in [0.1, 0.15) is 38.7 Å². The lowest BCUT2D eigenvalue weighted by Crippen LogP contribution is -2.41. The van der Waals surface area contributed by atoms with Crippen molar-refractivity contribution in [3.63, 3.8) is 0 Å². The molecule has 1 aliphatic rings. The maximum Gasteiger partial charge on any atom is 0.123 e. The Hall–Kier alpha value is -1.06. The van der Waals surface area contributed by atoms with Crippen LogP contribution in [0.5, 0.6) is 5.75 Å². The molecule has 0 aliphatic carbocycles. The number of hydrogen-bond acceptors (Lipinski definition) is 3. The summed E-state index contributed by atoms with van der Waals surface area (Å²) in [6.07, 6.45) is 3.90. The van der Waals surface area contributed by atoms with Crippen LogP contribution in [0.2, 0.25) is 0 Å². The largest absolute Gasteiger partial charge is 0.492 e. The Morgan fingerprint density at radius 3 is 3.00 bits per heavy atom. The molecule has 2 rings (SSSR count). The number of ether oxygens (including phenoxy) is 1. The highest BCUT2D eigenvalue weighted by Gasteiger charge is 2.19. The van der Waals surface area contributed by atoms with Crippen molar-refractivity contribution >= 4 is 0 Å². The van der Waals surface area contributed by atoms with Gasteiger partial charge in [0.25, 0.3) is 0 Å². The minimum Gasteiger partial charge on any atom is -0.492 e. The van der Waals surface area contributed by atoms with Crippen LogP contribution in [-0.2, 0) is 6.54 Å². The van der Waals surface area contributed by atoms with Crippen molar-refractivity contribution in [3.05, 3.63) is 29.8 Å². The fourth-order valence-corrected chi connectivity index (χ4v) is 2.66. The molecule has 0 amide bonds.